The van der Waals surface area contributed by atoms with Crippen molar-refractivity contribution in [2.45, 2.75) is 13.8 Å². The highest BCUT2D eigenvalue weighted by Gasteiger charge is 2.09. The molecule has 0 fully saturated rings. The molecule has 21 heavy (non-hydrogen) atoms. The number of amides is 2. The van der Waals surface area contributed by atoms with E-state index in [-0.39, 0.29) is 11.8 Å². The number of benzene rings is 1. The van der Waals surface area contributed by atoms with E-state index in [1.165, 1.54) is 19.2 Å². The lowest BCUT2D eigenvalue weighted by atomic mass is 10.2. The SMILES string of the molecule is CC(=O)Nc1cc(C(=O)Nc2ccc(Cl)cc2C)ccn1. The van der Waals surface area contributed by atoms with E-state index >= 15 is 0 Å². The van der Waals surface area contributed by atoms with E-state index in [1.54, 1.807) is 24.3 Å². The molecule has 0 atom stereocenters. The van der Waals surface area contributed by atoms with Gasteiger partial charge in [-0.15, -0.1) is 0 Å². The summed E-state index contributed by atoms with van der Waals surface area (Å²) in [6.07, 6.45) is 1.47. The first-order valence-corrected chi connectivity index (χ1v) is 6.64. The minimum Gasteiger partial charge on any atom is -0.322 e. The molecule has 0 aliphatic heterocycles. The number of nitrogens with zero attached hydrogens (tertiary/aromatic N) is 1. The van der Waals surface area contributed by atoms with Crippen LogP contribution in [0.4, 0.5) is 11.5 Å². The summed E-state index contributed by atoms with van der Waals surface area (Å²) in [4.78, 5) is 27.2. The van der Waals surface area contributed by atoms with Gasteiger partial charge in [0.15, 0.2) is 0 Å². The first kappa shape index (κ1) is 15.0. The normalized spacial score (nSPS) is 10.0. The van der Waals surface area contributed by atoms with E-state index in [1.807, 2.05) is 6.92 Å². The molecule has 1 heterocycles. The highest BCUT2D eigenvalue weighted by Crippen LogP contribution is 2.20. The molecule has 108 valence electrons. The minimum absolute atomic E-state index is 0.242. The van der Waals surface area contributed by atoms with Crippen LogP contribution in [0.1, 0.15) is 22.8 Å². The van der Waals surface area contributed by atoms with Crippen molar-refractivity contribution in [2.75, 3.05) is 10.6 Å². The third-order valence-corrected chi connectivity index (χ3v) is 3.00. The molecule has 2 amide bonds. The van der Waals surface area contributed by atoms with Gasteiger partial charge in [-0.1, -0.05) is 11.6 Å². The topological polar surface area (TPSA) is 71.1 Å². The Morgan fingerprint density at radius 2 is 1.90 bits per heavy atom. The highest BCUT2D eigenvalue weighted by atomic mass is 35.5. The Kier molecular flexibility index (Phi) is 4.55. The van der Waals surface area contributed by atoms with E-state index in [9.17, 15) is 9.59 Å². The number of anilines is 2. The molecule has 1 aromatic heterocycles. The van der Waals surface area contributed by atoms with Crippen molar-refractivity contribution in [1.82, 2.24) is 4.98 Å². The Hall–Kier alpha value is -2.40. The first-order valence-electron chi connectivity index (χ1n) is 6.27. The molecule has 0 saturated carbocycles. The van der Waals surface area contributed by atoms with Crippen molar-refractivity contribution >= 4 is 34.9 Å². The maximum absolute atomic E-state index is 12.2. The summed E-state index contributed by atoms with van der Waals surface area (Å²) < 4.78 is 0. The van der Waals surface area contributed by atoms with Gasteiger partial charge in [0, 0.05) is 29.4 Å². The second kappa shape index (κ2) is 6.37. The van der Waals surface area contributed by atoms with Crippen LogP contribution < -0.4 is 10.6 Å². The molecule has 5 nitrogen and oxygen atoms in total. The quantitative estimate of drug-likeness (QED) is 0.914. The molecule has 0 bridgehead atoms. The van der Waals surface area contributed by atoms with E-state index in [0.29, 0.717) is 22.1 Å². The summed E-state index contributed by atoms with van der Waals surface area (Å²) >= 11 is 5.88. The molecule has 0 spiro atoms. The largest absolute Gasteiger partial charge is 0.322 e. The van der Waals surface area contributed by atoms with Gasteiger partial charge >= 0.3 is 0 Å². The van der Waals surface area contributed by atoms with E-state index in [2.05, 4.69) is 15.6 Å². The summed E-state index contributed by atoms with van der Waals surface area (Å²) in [5, 5.41) is 5.94. The number of aromatic nitrogens is 1. The van der Waals surface area contributed by atoms with Crippen LogP contribution in [-0.2, 0) is 4.79 Å². The Morgan fingerprint density at radius 3 is 2.57 bits per heavy atom. The molecule has 2 aromatic rings. The summed E-state index contributed by atoms with van der Waals surface area (Å²) in [6.45, 7) is 3.24. The van der Waals surface area contributed by atoms with Gasteiger partial charge in [0.2, 0.25) is 5.91 Å². The van der Waals surface area contributed by atoms with Crippen LogP contribution in [-0.4, -0.2) is 16.8 Å². The van der Waals surface area contributed by atoms with Crippen LogP contribution in [0, 0.1) is 6.92 Å². The summed E-state index contributed by atoms with van der Waals surface area (Å²) in [5.41, 5.74) is 1.96. The number of halogens is 1. The fourth-order valence-corrected chi connectivity index (χ4v) is 2.01. The van der Waals surface area contributed by atoms with Gasteiger partial charge in [-0.25, -0.2) is 4.98 Å². The Bertz CT molecular complexity index is 701. The number of carbonyl (C=O) groups excluding carboxylic acids is 2. The fourth-order valence-electron chi connectivity index (χ4n) is 1.78. The monoisotopic (exact) mass is 303 g/mol. The van der Waals surface area contributed by atoms with Crippen LogP contribution >= 0.6 is 11.6 Å². The van der Waals surface area contributed by atoms with Gasteiger partial charge in [-0.05, 0) is 42.8 Å². The lowest BCUT2D eigenvalue weighted by molar-refractivity contribution is -0.114. The molecule has 0 radical (unpaired) electrons. The van der Waals surface area contributed by atoms with Crippen molar-refractivity contribution in [1.29, 1.82) is 0 Å². The number of hydrogen-bond donors (Lipinski definition) is 2. The van der Waals surface area contributed by atoms with E-state index in [0.717, 1.165) is 5.56 Å². The van der Waals surface area contributed by atoms with Crippen molar-refractivity contribution in [3.63, 3.8) is 0 Å². The fraction of sp³-hybridized carbons (Fsp3) is 0.133. The third-order valence-electron chi connectivity index (χ3n) is 2.76. The Balaban J connectivity index is 2.18. The molecule has 2 rings (SSSR count). The zero-order valence-electron chi connectivity index (χ0n) is 11.6. The number of aryl methyl sites for hydroxylation is 1. The summed E-state index contributed by atoms with van der Waals surface area (Å²) in [7, 11) is 0. The van der Waals surface area contributed by atoms with Gasteiger partial charge < -0.3 is 10.6 Å². The van der Waals surface area contributed by atoms with E-state index in [4.69, 9.17) is 11.6 Å². The van der Waals surface area contributed by atoms with Crippen LogP contribution in [0.15, 0.2) is 36.5 Å². The molecule has 1 aromatic carbocycles. The van der Waals surface area contributed by atoms with Crippen molar-refractivity contribution < 1.29 is 9.59 Å². The molecule has 2 N–H and O–H groups in total. The predicted octanol–water partition coefficient (Wildman–Crippen LogP) is 3.25. The maximum atomic E-state index is 12.2. The molecule has 0 aliphatic rings. The average molecular weight is 304 g/mol. The predicted molar refractivity (Wildman–Crippen MR) is 82.7 cm³/mol. The first-order chi connectivity index (χ1) is 9.95. The number of carbonyl (C=O) groups is 2. The summed E-state index contributed by atoms with van der Waals surface area (Å²) in [6, 6.07) is 8.31. The van der Waals surface area contributed by atoms with Gasteiger partial charge in [-0.2, -0.15) is 0 Å². The van der Waals surface area contributed by atoms with Crippen molar-refractivity contribution in [2.24, 2.45) is 0 Å². The number of pyridine rings is 1. The van der Waals surface area contributed by atoms with Gasteiger partial charge in [0.05, 0.1) is 0 Å². The third kappa shape index (κ3) is 4.03. The van der Waals surface area contributed by atoms with Crippen LogP contribution in [0.2, 0.25) is 5.02 Å². The number of hydrogen-bond acceptors (Lipinski definition) is 3. The minimum atomic E-state index is -0.283. The molecule has 6 heteroatoms. The Morgan fingerprint density at radius 1 is 1.14 bits per heavy atom. The maximum Gasteiger partial charge on any atom is 0.255 e. The second-order valence-electron chi connectivity index (χ2n) is 4.52. The number of nitrogens with one attached hydrogen (secondary N) is 2. The lowest BCUT2D eigenvalue weighted by Crippen LogP contribution is -2.14. The molecule has 0 saturated heterocycles. The average Bonchev–Trinajstić information content (AvgIpc) is 2.41. The van der Waals surface area contributed by atoms with Gasteiger partial charge in [0.25, 0.3) is 5.91 Å². The summed E-state index contributed by atoms with van der Waals surface area (Å²) in [5.74, 6) is -0.189. The highest BCUT2D eigenvalue weighted by molar-refractivity contribution is 6.30. The zero-order chi connectivity index (χ0) is 15.4. The van der Waals surface area contributed by atoms with Gasteiger partial charge in [0.1, 0.15) is 5.82 Å². The number of rotatable bonds is 3. The van der Waals surface area contributed by atoms with E-state index < -0.39 is 0 Å². The van der Waals surface area contributed by atoms with Crippen LogP contribution in [0.3, 0.4) is 0 Å². The molecular formula is C15H14ClN3O2. The van der Waals surface area contributed by atoms with Crippen molar-refractivity contribution in [3.8, 4) is 0 Å². The molecule has 0 aliphatic carbocycles. The van der Waals surface area contributed by atoms with Crippen molar-refractivity contribution in [3.05, 3.63) is 52.7 Å². The van der Waals surface area contributed by atoms with Crippen LogP contribution in [0.5, 0.6) is 0 Å². The van der Waals surface area contributed by atoms with Crippen LogP contribution in [0.25, 0.3) is 0 Å². The second-order valence-corrected chi connectivity index (χ2v) is 4.96. The smallest absolute Gasteiger partial charge is 0.255 e. The standard InChI is InChI=1S/C15H14ClN3O2/c1-9-7-12(16)3-4-13(9)19-15(21)11-5-6-17-14(8-11)18-10(2)20/h3-8H,1-2H3,(H,19,21)(H,17,18,20). The zero-order valence-corrected chi connectivity index (χ0v) is 12.4. The lowest BCUT2D eigenvalue weighted by Gasteiger charge is -2.09. The molecule has 0 unspecified atom stereocenters. The Labute approximate surface area is 127 Å². The van der Waals surface area contributed by atoms with Gasteiger partial charge in [-0.3, -0.25) is 9.59 Å². The molecular weight excluding hydrogens is 290 g/mol.